The molecule has 0 aliphatic carbocycles. The molecule has 0 aliphatic rings. The van der Waals surface area contributed by atoms with Crippen LogP contribution in [0, 0.1) is 0 Å². The van der Waals surface area contributed by atoms with E-state index in [9.17, 15) is 9.59 Å². The van der Waals surface area contributed by atoms with Gasteiger partial charge in [-0.15, -0.1) is 0 Å². The lowest BCUT2D eigenvalue weighted by Crippen LogP contribution is -2.19. The Labute approximate surface area is 118 Å². The lowest BCUT2D eigenvalue weighted by atomic mass is 10.3. The molecular formula is C11H12ClN5O3. The highest BCUT2D eigenvalue weighted by Crippen LogP contribution is 2.19. The molecule has 20 heavy (non-hydrogen) atoms. The first-order valence-electron chi connectivity index (χ1n) is 5.73. The largest absolute Gasteiger partial charge is 0.476 e. The maximum Gasteiger partial charge on any atom is 0.356 e. The molecule has 2 aromatic heterocycles. The van der Waals surface area contributed by atoms with Crippen LogP contribution < -0.4 is 5.32 Å². The summed E-state index contributed by atoms with van der Waals surface area (Å²) in [5.41, 5.74) is 0.163. The molecule has 0 bridgehead atoms. The van der Waals surface area contributed by atoms with Gasteiger partial charge in [0.15, 0.2) is 5.69 Å². The van der Waals surface area contributed by atoms with Gasteiger partial charge in [-0.2, -0.15) is 10.2 Å². The van der Waals surface area contributed by atoms with Crippen molar-refractivity contribution in [1.82, 2.24) is 19.6 Å². The van der Waals surface area contributed by atoms with Gasteiger partial charge in [0.25, 0.3) is 5.91 Å². The number of hydrogen-bond acceptors (Lipinski definition) is 4. The van der Waals surface area contributed by atoms with Gasteiger partial charge >= 0.3 is 5.97 Å². The van der Waals surface area contributed by atoms with Crippen molar-refractivity contribution in [2.75, 3.05) is 5.32 Å². The first-order valence-corrected chi connectivity index (χ1v) is 6.11. The number of aryl methyl sites for hydroxylation is 2. The van der Waals surface area contributed by atoms with Crippen LogP contribution in [0.25, 0.3) is 0 Å². The second-order valence-electron chi connectivity index (χ2n) is 3.95. The molecule has 2 heterocycles. The number of carboxylic acid groups (broad SMARTS) is 1. The number of carbonyl (C=O) groups excluding carboxylic acids is 1. The number of nitrogens with zero attached hydrogens (tertiary/aromatic N) is 4. The Bertz CT molecular complexity index is 676. The molecule has 0 fully saturated rings. The van der Waals surface area contributed by atoms with Crippen molar-refractivity contribution in [1.29, 1.82) is 0 Å². The smallest absolute Gasteiger partial charge is 0.356 e. The van der Waals surface area contributed by atoms with Crippen LogP contribution in [-0.4, -0.2) is 36.5 Å². The van der Waals surface area contributed by atoms with E-state index < -0.39 is 11.9 Å². The quantitative estimate of drug-likeness (QED) is 0.884. The number of amides is 1. The van der Waals surface area contributed by atoms with Crippen LogP contribution in [0.3, 0.4) is 0 Å². The normalized spacial score (nSPS) is 10.6. The second kappa shape index (κ2) is 5.33. The highest BCUT2D eigenvalue weighted by molar-refractivity contribution is 6.34. The number of carbonyl (C=O) groups is 2. The predicted molar refractivity (Wildman–Crippen MR) is 71.0 cm³/mol. The molecule has 0 unspecified atom stereocenters. The van der Waals surface area contributed by atoms with Gasteiger partial charge in [-0.05, 0) is 6.92 Å². The summed E-state index contributed by atoms with van der Waals surface area (Å²) < 4.78 is 2.59. The summed E-state index contributed by atoms with van der Waals surface area (Å²) in [6.07, 6.45) is 2.63. The minimum atomic E-state index is -1.18. The molecular weight excluding hydrogens is 286 g/mol. The fraction of sp³-hybridized carbons (Fsp3) is 0.273. The third-order valence-corrected chi connectivity index (χ3v) is 2.98. The minimum absolute atomic E-state index is 0.102. The lowest BCUT2D eigenvalue weighted by molar-refractivity contribution is 0.0686. The van der Waals surface area contributed by atoms with Gasteiger partial charge < -0.3 is 10.4 Å². The van der Waals surface area contributed by atoms with Gasteiger partial charge in [-0.3, -0.25) is 14.2 Å². The highest BCUT2D eigenvalue weighted by Gasteiger charge is 2.21. The molecule has 0 saturated carbocycles. The molecule has 0 aliphatic heterocycles. The zero-order valence-electron chi connectivity index (χ0n) is 10.8. The number of carboxylic acids is 1. The third kappa shape index (κ3) is 2.37. The molecule has 0 spiro atoms. The molecule has 0 radical (unpaired) electrons. The molecule has 1 amide bonds. The van der Waals surface area contributed by atoms with Crippen LogP contribution in [0.2, 0.25) is 5.02 Å². The fourth-order valence-corrected chi connectivity index (χ4v) is 2.02. The molecule has 106 valence electrons. The predicted octanol–water partition coefficient (Wildman–Crippen LogP) is 1.24. The molecule has 8 nitrogen and oxygen atoms in total. The summed E-state index contributed by atoms with van der Waals surface area (Å²) >= 11 is 5.91. The Kier molecular flexibility index (Phi) is 3.75. The van der Waals surface area contributed by atoms with Crippen LogP contribution in [0.1, 0.15) is 27.9 Å². The summed E-state index contributed by atoms with van der Waals surface area (Å²) in [4.78, 5) is 23.3. The van der Waals surface area contributed by atoms with Crippen LogP contribution in [0.5, 0.6) is 0 Å². The Morgan fingerprint density at radius 3 is 2.65 bits per heavy atom. The van der Waals surface area contributed by atoms with Crippen LogP contribution in [-0.2, 0) is 13.6 Å². The fourth-order valence-electron chi connectivity index (χ4n) is 1.79. The van der Waals surface area contributed by atoms with Gasteiger partial charge in [0.2, 0.25) is 0 Å². The number of hydrogen-bond donors (Lipinski definition) is 2. The zero-order valence-corrected chi connectivity index (χ0v) is 11.5. The topological polar surface area (TPSA) is 102 Å². The van der Waals surface area contributed by atoms with Gasteiger partial charge in [0.05, 0.1) is 23.1 Å². The van der Waals surface area contributed by atoms with E-state index >= 15 is 0 Å². The standard InChI is InChI=1S/C11H12ClN5O3/c1-3-17-8(6(12)4-14-17)10(18)15-7-5-13-16(2)9(7)11(19)20/h4-5H,3H2,1-2H3,(H,15,18)(H,19,20). The number of aromatic carboxylic acids is 1. The highest BCUT2D eigenvalue weighted by atomic mass is 35.5. The van der Waals surface area contributed by atoms with E-state index in [2.05, 4.69) is 15.5 Å². The molecule has 9 heteroatoms. The minimum Gasteiger partial charge on any atom is -0.476 e. The first-order chi connectivity index (χ1) is 9.45. The van der Waals surface area contributed by atoms with Crippen LogP contribution in [0.15, 0.2) is 12.4 Å². The van der Waals surface area contributed by atoms with Gasteiger partial charge in [-0.25, -0.2) is 4.79 Å². The Morgan fingerprint density at radius 1 is 1.35 bits per heavy atom. The van der Waals surface area contributed by atoms with Crippen LogP contribution >= 0.6 is 11.6 Å². The SMILES string of the molecule is CCn1ncc(Cl)c1C(=O)Nc1cnn(C)c1C(=O)O. The molecule has 2 rings (SSSR count). The van der Waals surface area contributed by atoms with E-state index in [0.717, 1.165) is 4.68 Å². The van der Waals surface area contributed by atoms with Crippen molar-refractivity contribution < 1.29 is 14.7 Å². The summed E-state index contributed by atoms with van der Waals surface area (Å²) in [5.74, 6) is -1.72. The lowest BCUT2D eigenvalue weighted by Gasteiger charge is -2.07. The zero-order chi connectivity index (χ0) is 14.9. The number of anilines is 1. The van der Waals surface area contributed by atoms with Crippen LogP contribution in [0.4, 0.5) is 5.69 Å². The first kappa shape index (κ1) is 14.1. The number of aromatic nitrogens is 4. The van der Waals surface area contributed by atoms with Gasteiger partial charge in [0.1, 0.15) is 5.69 Å². The summed E-state index contributed by atoms with van der Waals surface area (Å²) in [5, 5.41) is 19.5. The van der Waals surface area contributed by atoms with Crippen molar-refractivity contribution in [3.8, 4) is 0 Å². The molecule has 0 atom stereocenters. The summed E-state index contributed by atoms with van der Waals surface area (Å²) in [7, 11) is 1.47. The Morgan fingerprint density at radius 2 is 2.05 bits per heavy atom. The van der Waals surface area contributed by atoms with E-state index in [1.165, 1.54) is 24.1 Å². The third-order valence-electron chi connectivity index (χ3n) is 2.70. The van der Waals surface area contributed by atoms with E-state index in [1.54, 1.807) is 0 Å². The maximum absolute atomic E-state index is 12.2. The van der Waals surface area contributed by atoms with E-state index in [0.29, 0.717) is 6.54 Å². The van der Waals surface area contributed by atoms with Crippen molar-refractivity contribution in [3.63, 3.8) is 0 Å². The maximum atomic E-state index is 12.2. The van der Waals surface area contributed by atoms with Crippen molar-refractivity contribution in [2.45, 2.75) is 13.5 Å². The number of rotatable bonds is 4. The second-order valence-corrected chi connectivity index (χ2v) is 4.35. The summed E-state index contributed by atoms with van der Waals surface area (Å²) in [6.45, 7) is 2.28. The van der Waals surface area contributed by atoms with Crippen molar-refractivity contribution in [3.05, 3.63) is 28.8 Å². The van der Waals surface area contributed by atoms with Crippen molar-refractivity contribution in [2.24, 2.45) is 7.05 Å². The Hall–Kier alpha value is -2.35. The summed E-state index contributed by atoms with van der Waals surface area (Å²) in [6, 6.07) is 0. The Balaban J connectivity index is 2.33. The average molecular weight is 298 g/mol. The van der Waals surface area contributed by atoms with Gasteiger partial charge in [-0.1, -0.05) is 11.6 Å². The van der Waals surface area contributed by atoms with E-state index in [4.69, 9.17) is 16.7 Å². The number of halogens is 1. The van der Waals surface area contributed by atoms with Gasteiger partial charge in [0, 0.05) is 13.6 Å². The monoisotopic (exact) mass is 297 g/mol. The van der Waals surface area contributed by atoms with E-state index in [1.807, 2.05) is 6.92 Å². The van der Waals surface area contributed by atoms with E-state index in [-0.39, 0.29) is 22.1 Å². The molecule has 0 aromatic carbocycles. The number of nitrogens with one attached hydrogen (secondary N) is 1. The molecule has 0 saturated heterocycles. The average Bonchev–Trinajstić information content (AvgIpc) is 2.92. The molecule has 2 N–H and O–H groups in total. The van der Waals surface area contributed by atoms with Crippen molar-refractivity contribution >= 4 is 29.2 Å². The molecule has 2 aromatic rings.